The maximum atomic E-state index is 13.4. The monoisotopic (exact) mass is 208 g/mol. The van der Waals surface area contributed by atoms with Crippen molar-refractivity contribution in [1.82, 2.24) is 0 Å². The Morgan fingerprint density at radius 3 is 2.93 bits per heavy atom. The fourth-order valence-corrected chi connectivity index (χ4v) is 1.93. The van der Waals surface area contributed by atoms with E-state index in [2.05, 4.69) is 17.6 Å². The zero-order valence-corrected chi connectivity index (χ0v) is 9.23. The summed E-state index contributed by atoms with van der Waals surface area (Å²) in [7, 11) is 0. The number of benzene rings is 1. The first-order valence-electron chi connectivity index (χ1n) is 5.51. The Morgan fingerprint density at radius 1 is 1.40 bits per heavy atom. The molecule has 82 valence electrons. The first kappa shape index (κ1) is 10.3. The van der Waals surface area contributed by atoms with Crippen LogP contribution in [0, 0.1) is 12.7 Å². The van der Waals surface area contributed by atoms with E-state index in [-0.39, 0.29) is 5.82 Å². The number of nitrogens with one attached hydrogen (secondary N) is 2. The lowest BCUT2D eigenvalue weighted by Gasteiger charge is -2.15. The second-order valence-electron chi connectivity index (χ2n) is 4.11. The summed E-state index contributed by atoms with van der Waals surface area (Å²) in [4.78, 5) is 0. The van der Waals surface area contributed by atoms with E-state index >= 15 is 0 Å². The van der Waals surface area contributed by atoms with Gasteiger partial charge >= 0.3 is 0 Å². The minimum absolute atomic E-state index is 0.141. The first-order chi connectivity index (χ1) is 7.20. The third kappa shape index (κ3) is 2.06. The molecule has 0 amide bonds. The van der Waals surface area contributed by atoms with E-state index in [9.17, 15) is 4.39 Å². The van der Waals surface area contributed by atoms with Crippen molar-refractivity contribution in [3.63, 3.8) is 0 Å². The molecule has 1 heterocycles. The van der Waals surface area contributed by atoms with Crippen molar-refractivity contribution in [1.29, 1.82) is 0 Å². The molecule has 2 N–H and O–H groups in total. The molecule has 0 radical (unpaired) electrons. The average Bonchev–Trinajstić information content (AvgIpc) is 2.41. The van der Waals surface area contributed by atoms with E-state index in [0.29, 0.717) is 11.6 Å². The Labute approximate surface area is 89.9 Å². The van der Waals surface area contributed by atoms with Crippen LogP contribution in [-0.4, -0.2) is 12.6 Å². The fourth-order valence-electron chi connectivity index (χ4n) is 1.93. The van der Waals surface area contributed by atoms with Gasteiger partial charge in [-0.05, 0) is 37.5 Å². The summed E-state index contributed by atoms with van der Waals surface area (Å²) in [6, 6.07) is 3.95. The molecule has 0 aliphatic carbocycles. The number of halogens is 1. The van der Waals surface area contributed by atoms with Crippen molar-refractivity contribution in [3.8, 4) is 0 Å². The number of aryl methyl sites for hydroxylation is 1. The minimum Gasteiger partial charge on any atom is -0.383 e. The van der Waals surface area contributed by atoms with Crippen LogP contribution < -0.4 is 10.6 Å². The third-order valence-electron chi connectivity index (χ3n) is 2.96. The maximum Gasteiger partial charge on any atom is 0.128 e. The predicted molar refractivity (Wildman–Crippen MR) is 61.9 cm³/mol. The highest BCUT2D eigenvalue weighted by Crippen LogP contribution is 2.29. The van der Waals surface area contributed by atoms with Crippen LogP contribution in [0.25, 0.3) is 0 Å². The standard InChI is InChI=1S/C12H17FN2/c1-3-9-4-5-14-11-7-10(13)8(2)6-12(11)15-9/h6-7,9,14-15H,3-5H2,1-2H3. The van der Waals surface area contributed by atoms with Crippen molar-refractivity contribution in [3.05, 3.63) is 23.5 Å². The van der Waals surface area contributed by atoms with Gasteiger partial charge in [0.1, 0.15) is 5.82 Å². The van der Waals surface area contributed by atoms with E-state index in [0.717, 1.165) is 30.8 Å². The lowest BCUT2D eigenvalue weighted by atomic mass is 10.1. The first-order valence-corrected chi connectivity index (χ1v) is 5.51. The molecule has 15 heavy (non-hydrogen) atoms. The smallest absolute Gasteiger partial charge is 0.128 e. The second kappa shape index (κ2) is 4.09. The molecular weight excluding hydrogens is 191 g/mol. The zero-order chi connectivity index (χ0) is 10.8. The van der Waals surface area contributed by atoms with E-state index in [1.807, 2.05) is 6.07 Å². The molecule has 0 saturated carbocycles. The maximum absolute atomic E-state index is 13.4. The highest BCUT2D eigenvalue weighted by atomic mass is 19.1. The molecule has 2 nitrogen and oxygen atoms in total. The van der Waals surface area contributed by atoms with Crippen LogP contribution in [0.5, 0.6) is 0 Å². The van der Waals surface area contributed by atoms with Gasteiger partial charge in [-0.15, -0.1) is 0 Å². The molecule has 1 aliphatic rings. The molecule has 2 rings (SSSR count). The summed E-state index contributed by atoms with van der Waals surface area (Å²) in [6.45, 7) is 4.86. The molecule has 1 aliphatic heterocycles. The molecule has 1 atom stereocenters. The van der Waals surface area contributed by atoms with Gasteiger partial charge in [-0.3, -0.25) is 0 Å². The van der Waals surface area contributed by atoms with Crippen molar-refractivity contribution < 1.29 is 4.39 Å². The van der Waals surface area contributed by atoms with Gasteiger partial charge in [0.05, 0.1) is 11.4 Å². The molecule has 1 aromatic rings. The summed E-state index contributed by atoms with van der Waals surface area (Å²) in [5, 5.41) is 6.70. The van der Waals surface area contributed by atoms with Gasteiger partial charge in [0, 0.05) is 12.6 Å². The highest BCUT2D eigenvalue weighted by Gasteiger charge is 2.15. The summed E-state index contributed by atoms with van der Waals surface area (Å²) in [5.74, 6) is -0.141. The summed E-state index contributed by atoms with van der Waals surface area (Å²) in [5.41, 5.74) is 2.60. The van der Waals surface area contributed by atoms with Crippen molar-refractivity contribution >= 4 is 11.4 Å². The molecule has 0 fully saturated rings. The lowest BCUT2D eigenvalue weighted by molar-refractivity contribution is 0.619. The molecule has 3 heteroatoms. The number of fused-ring (bicyclic) bond motifs is 1. The van der Waals surface area contributed by atoms with Crippen LogP contribution >= 0.6 is 0 Å². The van der Waals surface area contributed by atoms with Crippen molar-refractivity contribution in [2.24, 2.45) is 0 Å². The number of anilines is 2. The van der Waals surface area contributed by atoms with Gasteiger partial charge in [-0.25, -0.2) is 4.39 Å². The molecule has 1 unspecified atom stereocenters. The quantitative estimate of drug-likeness (QED) is 0.741. The fraction of sp³-hybridized carbons (Fsp3) is 0.500. The molecule has 1 aromatic carbocycles. The van der Waals surface area contributed by atoms with Crippen LogP contribution in [0.4, 0.5) is 15.8 Å². The molecule has 0 saturated heterocycles. The number of rotatable bonds is 1. The van der Waals surface area contributed by atoms with Gasteiger partial charge in [0.2, 0.25) is 0 Å². The van der Waals surface area contributed by atoms with E-state index in [1.165, 1.54) is 0 Å². The lowest BCUT2D eigenvalue weighted by Crippen LogP contribution is -2.18. The van der Waals surface area contributed by atoms with Crippen LogP contribution in [0.15, 0.2) is 12.1 Å². The van der Waals surface area contributed by atoms with Crippen LogP contribution in [-0.2, 0) is 0 Å². The molecule has 0 spiro atoms. The van der Waals surface area contributed by atoms with Crippen molar-refractivity contribution in [2.45, 2.75) is 32.7 Å². The summed E-state index contributed by atoms with van der Waals surface area (Å²) >= 11 is 0. The van der Waals surface area contributed by atoms with Gasteiger partial charge in [0.25, 0.3) is 0 Å². The molecular formula is C12H17FN2. The van der Waals surface area contributed by atoms with Gasteiger partial charge in [-0.2, -0.15) is 0 Å². The van der Waals surface area contributed by atoms with Crippen molar-refractivity contribution in [2.75, 3.05) is 17.2 Å². The number of hydrogen-bond acceptors (Lipinski definition) is 2. The Morgan fingerprint density at radius 2 is 2.20 bits per heavy atom. The third-order valence-corrected chi connectivity index (χ3v) is 2.96. The van der Waals surface area contributed by atoms with Crippen LogP contribution in [0.3, 0.4) is 0 Å². The Hall–Kier alpha value is -1.25. The van der Waals surface area contributed by atoms with Crippen LogP contribution in [0.2, 0.25) is 0 Å². The Balaban J connectivity index is 2.34. The summed E-state index contributed by atoms with van der Waals surface area (Å²) < 4.78 is 13.4. The number of hydrogen-bond donors (Lipinski definition) is 2. The summed E-state index contributed by atoms with van der Waals surface area (Å²) in [6.07, 6.45) is 2.17. The van der Waals surface area contributed by atoms with E-state index in [4.69, 9.17) is 0 Å². The predicted octanol–water partition coefficient (Wildman–Crippen LogP) is 3.14. The molecule has 0 aromatic heterocycles. The van der Waals surface area contributed by atoms with Gasteiger partial charge in [0.15, 0.2) is 0 Å². The highest BCUT2D eigenvalue weighted by molar-refractivity contribution is 5.71. The van der Waals surface area contributed by atoms with E-state index in [1.54, 1.807) is 13.0 Å². The van der Waals surface area contributed by atoms with Gasteiger partial charge in [-0.1, -0.05) is 6.92 Å². The second-order valence-corrected chi connectivity index (χ2v) is 4.11. The average molecular weight is 208 g/mol. The Bertz CT molecular complexity index is 363. The minimum atomic E-state index is -0.141. The largest absolute Gasteiger partial charge is 0.383 e. The Kier molecular flexibility index (Phi) is 2.80. The normalized spacial score (nSPS) is 19.8. The van der Waals surface area contributed by atoms with E-state index < -0.39 is 0 Å². The zero-order valence-electron chi connectivity index (χ0n) is 9.23. The topological polar surface area (TPSA) is 24.1 Å². The van der Waals surface area contributed by atoms with Gasteiger partial charge < -0.3 is 10.6 Å². The SMILES string of the molecule is CCC1CCNc2cc(F)c(C)cc2N1. The van der Waals surface area contributed by atoms with Crippen LogP contribution in [0.1, 0.15) is 25.3 Å². The molecule has 0 bridgehead atoms.